The number of pyridine rings is 2. The van der Waals surface area contributed by atoms with E-state index in [4.69, 9.17) is 9.57 Å². The third-order valence-corrected chi connectivity index (χ3v) is 6.09. The molecule has 0 bridgehead atoms. The Morgan fingerprint density at radius 2 is 1.86 bits per heavy atom. The van der Waals surface area contributed by atoms with Crippen molar-refractivity contribution in [2.75, 3.05) is 6.61 Å². The third kappa shape index (κ3) is 5.17. The fourth-order valence-electron chi connectivity index (χ4n) is 4.00. The van der Waals surface area contributed by atoms with Crippen LogP contribution in [0.2, 0.25) is 0 Å². The van der Waals surface area contributed by atoms with Gasteiger partial charge in [0, 0.05) is 36.2 Å². The number of Topliss-reactive ketones (excluding diaryl/α,β-unsaturated/α-hetero) is 1. The van der Waals surface area contributed by atoms with Crippen LogP contribution in [0.3, 0.4) is 0 Å². The third-order valence-electron chi connectivity index (χ3n) is 6.09. The van der Waals surface area contributed by atoms with Crippen molar-refractivity contribution in [2.45, 2.75) is 38.3 Å². The number of fused-ring (bicyclic) bond motifs is 1. The van der Waals surface area contributed by atoms with E-state index < -0.39 is 42.3 Å². The number of amides is 1. The van der Waals surface area contributed by atoms with Crippen molar-refractivity contribution in [1.82, 2.24) is 15.3 Å². The number of carbonyl (C=O) groups excluding carboxylic acids is 2. The molecule has 2 aromatic heterocycles. The Labute approximate surface area is 207 Å². The standard InChI is InChI=1S/C26H26N4O6/c1-16(2)26(14-20(30-36-26)24-18-8-4-3-7-17(18)10-12-28-24)25(34)29-19(13-23(32)33)21(31)15-35-22-9-5-6-11-27-22/h3-12,16,19H,13-15H2,1-2H3,(H,29,34)(H,32,33)/t19-,26-/m0/s1. The SMILES string of the molecule is CC(C)[C@]1(C(=O)N[C@@H](CC(=O)O)C(=O)COc2ccccn2)CC(c2nccc3ccccc23)=NO1. The Kier molecular flexibility index (Phi) is 7.23. The van der Waals surface area contributed by atoms with Crippen LogP contribution in [0.1, 0.15) is 32.4 Å². The summed E-state index contributed by atoms with van der Waals surface area (Å²) in [5, 5.41) is 17.9. The number of oxime groups is 1. The lowest BCUT2D eigenvalue weighted by atomic mass is 9.83. The molecule has 186 valence electrons. The molecule has 2 atom stereocenters. The Balaban J connectivity index is 1.52. The van der Waals surface area contributed by atoms with Gasteiger partial charge in [-0.2, -0.15) is 0 Å². The maximum absolute atomic E-state index is 13.5. The van der Waals surface area contributed by atoms with Gasteiger partial charge in [-0.15, -0.1) is 0 Å². The van der Waals surface area contributed by atoms with Gasteiger partial charge in [-0.25, -0.2) is 4.98 Å². The number of carboxylic acids is 1. The number of nitrogens with zero attached hydrogens (tertiary/aromatic N) is 3. The highest BCUT2D eigenvalue weighted by atomic mass is 16.7. The van der Waals surface area contributed by atoms with E-state index in [9.17, 15) is 19.5 Å². The monoisotopic (exact) mass is 490 g/mol. The molecule has 0 saturated heterocycles. The Morgan fingerprint density at radius 3 is 2.58 bits per heavy atom. The second-order valence-corrected chi connectivity index (χ2v) is 8.78. The summed E-state index contributed by atoms with van der Waals surface area (Å²) in [4.78, 5) is 51.9. The largest absolute Gasteiger partial charge is 0.481 e. The molecule has 2 N–H and O–H groups in total. The van der Waals surface area contributed by atoms with Gasteiger partial charge < -0.3 is 20.0 Å². The molecule has 3 aromatic rings. The number of benzene rings is 1. The molecular weight excluding hydrogens is 464 g/mol. The summed E-state index contributed by atoms with van der Waals surface area (Å²) in [6.45, 7) is 3.14. The Morgan fingerprint density at radius 1 is 1.08 bits per heavy atom. The molecule has 0 radical (unpaired) electrons. The van der Waals surface area contributed by atoms with Gasteiger partial charge in [0.15, 0.2) is 12.4 Å². The van der Waals surface area contributed by atoms with E-state index in [1.165, 1.54) is 6.20 Å². The predicted molar refractivity (Wildman–Crippen MR) is 130 cm³/mol. The minimum atomic E-state index is -1.44. The molecule has 0 unspecified atom stereocenters. The molecule has 1 amide bonds. The number of aromatic nitrogens is 2. The van der Waals surface area contributed by atoms with Crippen molar-refractivity contribution in [3.05, 3.63) is 66.6 Å². The predicted octanol–water partition coefficient (Wildman–Crippen LogP) is 2.76. The molecule has 36 heavy (non-hydrogen) atoms. The van der Waals surface area contributed by atoms with Crippen LogP contribution in [0.5, 0.6) is 5.88 Å². The molecule has 10 nitrogen and oxygen atoms in total. The van der Waals surface area contributed by atoms with E-state index in [0.29, 0.717) is 11.4 Å². The van der Waals surface area contributed by atoms with E-state index in [2.05, 4.69) is 20.4 Å². The molecule has 10 heteroatoms. The highest BCUT2D eigenvalue weighted by Crippen LogP contribution is 2.35. The van der Waals surface area contributed by atoms with E-state index in [1.807, 2.05) is 30.3 Å². The first-order valence-corrected chi connectivity index (χ1v) is 11.5. The molecule has 4 rings (SSSR count). The maximum atomic E-state index is 13.5. The van der Waals surface area contributed by atoms with E-state index in [1.54, 1.807) is 38.2 Å². The van der Waals surface area contributed by atoms with Gasteiger partial charge >= 0.3 is 5.97 Å². The second-order valence-electron chi connectivity index (χ2n) is 8.78. The first kappa shape index (κ1) is 24.8. The van der Waals surface area contributed by atoms with E-state index in [-0.39, 0.29) is 18.2 Å². The Bertz CT molecular complexity index is 1300. The molecule has 1 aliphatic heterocycles. The average Bonchev–Trinajstić information content (AvgIpc) is 3.34. The van der Waals surface area contributed by atoms with Crippen LogP contribution in [0, 0.1) is 5.92 Å². The van der Waals surface area contributed by atoms with Gasteiger partial charge in [0.1, 0.15) is 11.8 Å². The number of carbonyl (C=O) groups is 3. The van der Waals surface area contributed by atoms with Crippen molar-refractivity contribution in [3.63, 3.8) is 0 Å². The van der Waals surface area contributed by atoms with E-state index in [0.717, 1.165) is 10.8 Å². The molecule has 3 heterocycles. The summed E-state index contributed by atoms with van der Waals surface area (Å²) in [5.74, 6) is -2.61. The number of carboxylic acid groups (broad SMARTS) is 1. The number of aliphatic carboxylic acids is 1. The molecular formula is C26H26N4O6. The van der Waals surface area contributed by atoms with Crippen molar-refractivity contribution >= 4 is 34.1 Å². The lowest BCUT2D eigenvalue weighted by Crippen LogP contribution is -2.56. The topological polar surface area (TPSA) is 140 Å². The first-order valence-electron chi connectivity index (χ1n) is 11.5. The zero-order chi connectivity index (χ0) is 25.7. The average molecular weight is 491 g/mol. The van der Waals surface area contributed by atoms with Gasteiger partial charge in [0.05, 0.1) is 12.1 Å². The van der Waals surface area contributed by atoms with Crippen LogP contribution in [-0.2, 0) is 19.2 Å². The second kappa shape index (κ2) is 10.5. The van der Waals surface area contributed by atoms with Gasteiger partial charge in [-0.3, -0.25) is 19.4 Å². The number of hydrogen-bond donors (Lipinski definition) is 2. The fourth-order valence-corrected chi connectivity index (χ4v) is 4.00. The summed E-state index contributed by atoms with van der Waals surface area (Å²) < 4.78 is 5.36. The highest BCUT2D eigenvalue weighted by Gasteiger charge is 2.51. The Hall–Kier alpha value is -4.34. The van der Waals surface area contributed by atoms with Crippen molar-refractivity contribution < 1.29 is 29.1 Å². The molecule has 1 aliphatic rings. The summed E-state index contributed by atoms with van der Waals surface area (Å²) >= 11 is 0. The van der Waals surface area contributed by atoms with Crippen LogP contribution < -0.4 is 10.1 Å². The van der Waals surface area contributed by atoms with Gasteiger partial charge in [0.2, 0.25) is 11.5 Å². The highest BCUT2D eigenvalue weighted by molar-refractivity contribution is 6.12. The maximum Gasteiger partial charge on any atom is 0.305 e. The fraction of sp³-hybridized carbons (Fsp3) is 0.308. The normalized spacial score (nSPS) is 17.8. The lowest BCUT2D eigenvalue weighted by Gasteiger charge is -2.30. The minimum absolute atomic E-state index is 0.107. The number of ketones is 1. The van der Waals surface area contributed by atoms with Crippen LogP contribution in [0.15, 0.2) is 66.1 Å². The molecule has 0 aliphatic carbocycles. The number of hydrogen-bond acceptors (Lipinski definition) is 8. The quantitative estimate of drug-likeness (QED) is 0.442. The van der Waals surface area contributed by atoms with Crippen molar-refractivity contribution in [3.8, 4) is 5.88 Å². The number of ether oxygens (including phenoxy) is 1. The first-order chi connectivity index (χ1) is 17.3. The van der Waals surface area contributed by atoms with E-state index >= 15 is 0 Å². The van der Waals surface area contributed by atoms with Crippen molar-refractivity contribution in [1.29, 1.82) is 0 Å². The molecule has 0 fully saturated rings. The zero-order valence-corrected chi connectivity index (χ0v) is 19.9. The molecule has 0 spiro atoms. The van der Waals surface area contributed by atoms with Gasteiger partial charge in [-0.05, 0) is 17.5 Å². The van der Waals surface area contributed by atoms with Crippen LogP contribution in [0.25, 0.3) is 10.8 Å². The lowest BCUT2D eigenvalue weighted by molar-refractivity contribution is -0.152. The summed E-state index contributed by atoms with van der Waals surface area (Å²) in [6.07, 6.45) is 2.67. The van der Waals surface area contributed by atoms with Gasteiger partial charge in [0.25, 0.3) is 5.91 Å². The number of nitrogens with one attached hydrogen (secondary N) is 1. The van der Waals surface area contributed by atoms with Crippen LogP contribution in [0.4, 0.5) is 0 Å². The smallest absolute Gasteiger partial charge is 0.305 e. The molecule has 1 aromatic carbocycles. The van der Waals surface area contributed by atoms with Crippen LogP contribution >= 0.6 is 0 Å². The van der Waals surface area contributed by atoms with Crippen molar-refractivity contribution in [2.24, 2.45) is 11.1 Å². The molecule has 0 saturated carbocycles. The van der Waals surface area contributed by atoms with Gasteiger partial charge in [-0.1, -0.05) is 49.3 Å². The number of rotatable bonds is 10. The summed E-state index contributed by atoms with van der Waals surface area (Å²) in [6, 6.07) is 13.2. The van der Waals surface area contributed by atoms with Crippen LogP contribution in [-0.4, -0.2) is 56.7 Å². The summed E-state index contributed by atoms with van der Waals surface area (Å²) in [7, 11) is 0. The minimum Gasteiger partial charge on any atom is -0.481 e. The zero-order valence-electron chi connectivity index (χ0n) is 19.9. The summed E-state index contributed by atoms with van der Waals surface area (Å²) in [5.41, 5.74) is -0.340.